The highest BCUT2D eigenvalue weighted by Crippen LogP contribution is 2.39. The van der Waals surface area contributed by atoms with Gasteiger partial charge in [-0.25, -0.2) is 9.78 Å². The van der Waals surface area contributed by atoms with E-state index in [1.54, 1.807) is 28.8 Å². The number of hydrogen-bond donors (Lipinski definition) is 2. The van der Waals surface area contributed by atoms with E-state index in [-0.39, 0.29) is 29.0 Å². The molecule has 0 aliphatic carbocycles. The van der Waals surface area contributed by atoms with Gasteiger partial charge in [0.15, 0.2) is 5.60 Å². The number of aromatic nitrogens is 2. The molecule has 0 unspecified atom stereocenters. The number of aromatic hydroxyl groups is 1. The average molecular weight is 364 g/mol. The summed E-state index contributed by atoms with van der Waals surface area (Å²) in [4.78, 5) is 29.7. The molecule has 0 saturated heterocycles. The fourth-order valence-corrected chi connectivity index (χ4v) is 4.02. The highest BCUT2D eigenvalue weighted by molar-refractivity contribution is 5.89. The lowest BCUT2D eigenvalue weighted by Gasteiger charge is -2.29. The van der Waals surface area contributed by atoms with Crippen molar-refractivity contribution in [3.63, 3.8) is 0 Å². The van der Waals surface area contributed by atoms with E-state index in [1.165, 1.54) is 6.92 Å². The molecule has 0 fully saturated rings. The Kier molecular flexibility index (Phi) is 2.94. The van der Waals surface area contributed by atoms with Crippen molar-refractivity contribution in [1.82, 2.24) is 9.55 Å². The number of nitrogens with zero attached hydrogens (tertiary/aromatic N) is 2. The van der Waals surface area contributed by atoms with E-state index < -0.39 is 11.6 Å². The summed E-state index contributed by atoms with van der Waals surface area (Å²) >= 11 is 0. The number of aryl methyl sites for hydroxylation is 1. The van der Waals surface area contributed by atoms with E-state index in [0.717, 1.165) is 16.5 Å². The number of carbonyl (C=O) groups excluding carboxylic acids is 1. The minimum Gasteiger partial charge on any atom is -0.508 e. The minimum absolute atomic E-state index is 0.151. The van der Waals surface area contributed by atoms with Gasteiger partial charge in [-0.05, 0) is 43.7 Å². The largest absolute Gasteiger partial charge is 0.508 e. The Bertz CT molecular complexity index is 1240. The smallest absolute Gasteiger partial charge is 0.342 e. The zero-order valence-corrected chi connectivity index (χ0v) is 14.7. The standard InChI is InChI=1S/C20H16N2O5/c1-9-11-5-10(23)3-4-15(11)21-17-12(9)7-22-16(17)6-14-13(18(22)24)8-27-19(25)20(14,2)26/h3-6,23,26H,7-8H2,1-2H3/t20-/m0/s1. The van der Waals surface area contributed by atoms with Crippen LogP contribution in [0.4, 0.5) is 0 Å². The number of aliphatic hydroxyl groups is 1. The fourth-order valence-electron chi connectivity index (χ4n) is 4.02. The zero-order valence-electron chi connectivity index (χ0n) is 14.7. The summed E-state index contributed by atoms with van der Waals surface area (Å²) in [6.07, 6.45) is 0. The van der Waals surface area contributed by atoms with Crippen molar-refractivity contribution < 1.29 is 19.7 Å². The summed E-state index contributed by atoms with van der Waals surface area (Å²) < 4.78 is 6.59. The van der Waals surface area contributed by atoms with Crippen LogP contribution in [0.1, 0.15) is 29.2 Å². The van der Waals surface area contributed by atoms with E-state index >= 15 is 0 Å². The summed E-state index contributed by atoms with van der Waals surface area (Å²) in [5.41, 5.74) is 2.15. The molecule has 0 bridgehead atoms. The van der Waals surface area contributed by atoms with Crippen LogP contribution in [0.5, 0.6) is 5.75 Å². The van der Waals surface area contributed by atoms with Crippen LogP contribution in [0.25, 0.3) is 22.3 Å². The van der Waals surface area contributed by atoms with Gasteiger partial charge in [-0.2, -0.15) is 0 Å². The summed E-state index contributed by atoms with van der Waals surface area (Å²) in [5, 5.41) is 21.2. The lowest BCUT2D eigenvalue weighted by atomic mass is 9.89. The first-order valence-corrected chi connectivity index (χ1v) is 8.58. The van der Waals surface area contributed by atoms with Crippen molar-refractivity contribution in [2.45, 2.75) is 32.6 Å². The van der Waals surface area contributed by atoms with Gasteiger partial charge in [0.2, 0.25) is 0 Å². The number of benzene rings is 1. The Labute approximate surface area is 153 Å². The third-order valence-electron chi connectivity index (χ3n) is 5.58. The molecule has 0 amide bonds. The molecule has 1 atom stereocenters. The average Bonchev–Trinajstić information content (AvgIpc) is 2.99. The molecule has 2 aliphatic heterocycles. The van der Waals surface area contributed by atoms with Crippen molar-refractivity contribution in [2.24, 2.45) is 0 Å². The molecular formula is C20H16N2O5. The van der Waals surface area contributed by atoms with E-state index in [1.807, 2.05) is 6.92 Å². The normalized spacial score (nSPS) is 20.2. The molecule has 0 saturated carbocycles. The van der Waals surface area contributed by atoms with Gasteiger partial charge < -0.3 is 19.5 Å². The van der Waals surface area contributed by atoms with Crippen LogP contribution in [0.15, 0.2) is 29.1 Å². The van der Waals surface area contributed by atoms with Crippen molar-refractivity contribution in [3.05, 3.63) is 56.9 Å². The van der Waals surface area contributed by atoms with Gasteiger partial charge in [0.25, 0.3) is 5.56 Å². The van der Waals surface area contributed by atoms with Gasteiger partial charge in [-0.1, -0.05) is 0 Å². The molecular weight excluding hydrogens is 348 g/mol. The number of hydrogen-bond acceptors (Lipinski definition) is 6. The molecule has 0 radical (unpaired) electrons. The van der Waals surface area contributed by atoms with Gasteiger partial charge in [-0.15, -0.1) is 0 Å². The summed E-state index contributed by atoms with van der Waals surface area (Å²) in [7, 11) is 0. The predicted molar refractivity (Wildman–Crippen MR) is 96.3 cm³/mol. The van der Waals surface area contributed by atoms with E-state index in [4.69, 9.17) is 4.74 Å². The number of pyridine rings is 2. The first-order valence-electron chi connectivity index (χ1n) is 8.58. The Morgan fingerprint density at radius 1 is 1.22 bits per heavy atom. The zero-order chi connectivity index (χ0) is 19.1. The number of carbonyl (C=O) groups is 1. The first-order chi connectivity index (χ1) is 12.8. The van der Waals surface area contributed by atoms with Crippen LogP contribution in [0, 0.1) is 6.92 Å². The van der Waals surface area contributed by atoms with Gasteiger partial charge in [0.1, 0.15) is 12.4 Å². The maximum atomic E-state index is 13.0. The van der Waals surface area contributed by atoms with Crippen LogP contribution in [-0.2, 0) is 28.3 Å². The third kappa shape index (κ3) is 1.97. The number of cyclic esters (lactones) is 1. The molecule has 136 valence electrons. The van der Waals surface area contributed by atoms with Crippen molar-refractivity contribution in [1.29, 1.82) is 0 Å². The fraction of sp³-hybridized carbons (Fsp3) is 0.250. The van der Waals surface area contributed by atoms with Crippen molar-refractivity contribution >= 4 is 16.9 Å². The predicted octanol–water partition coefficient (Wildman–Crippen LogP) is 1.70. The highest BCUT2D eigenvalue weighted by Gasteiger charge is 2.43. The van der Waals surface area contributed by atoms with Gasteiger partial charge in [0.05, 0.1) is 29.0 Å². The maximum absolute atomic E-state index is 13.0. The number of phenols is 1. The molecule has 2 aliphatic rings. The van der Waals surface area contributed by atoms with Gasteiger partial charge in [-0.3, -0.25) is 4.79 Å². The second kappa shape index (κ2) is 4.95. The van der Waals surface area contributed by atoms with Gasteiger partial charge >= 0.3 is 5.97 Å². The lowest BCUT2D eigenvalue weighted by molar-refractivity contribution is -0.169. The van der Waals surface area contributed by atoms with Crippen molar-refractivity contribution in [2.75, 3.05) is 0 Å². The summed E-state index contributed by atoms with van der Waals surface area (Å²) in [6.45, 7) is 3.46. The molecule has 7 nitrogen and oxygen atoms in total. The summed E-state index contributed by atoms with van der Waals surface area (Å²) in [6, 6.07) is 6.62. The summed E-state index contributed by atoms with van der Waals surface area (Å²) in [5.74, 6) is -0.613. The molecule has 4 heterocycles. The lowest BCUT2D eigenvalue weighted by Crippen LogP contribution is -2.42. The first kappa shape index (κ1) is 16.0. The van der Waals surface area contributed by atoms with Gasteiger partial charge in [0, 0.05) is 16.5 Å². The van der Waals surface area contributed by atoms with Crippen LogP contribution < -0.4 is 5.56 Å². The van der Waals surface area contributed by atoms with Crippen LogP contribution in [-0.4, -0.2) is 25.7 Å². The SMILES string of the molecule is Cc1c2c(nc3ccc(O)cc13)-c1cc3c(c(=O)n1C2)COC(=O)[C@@]3(C)O. The molecule has 3 aromatic rings. The Morgan fingerprint density at radius 3 is 2.78 bits per heavy atom. The third-order valence-corrected chi connectivity index (χ3v) is 5.58. The second-order valence-corrected chi connectivity index (χ2v) is 7.23. The second-order valence-electron chi connectivity index (χ2n) is 7.23. The maximum Gasteiger partial charge on any atom is 0.342 e. The molecule has 0 spiro atoms. The Balaban J connectivity index is 1.84. The Hall–Kier alpha value is -3.19. The number of ether oxygens (including phenoxy) is 1. The van der Waals surface area contributed by atoms with Crippen molar-refractivity contribution in [3.8, 4) is 17.1 Å². The number of rotatable bonds is 0. The number of esters is 1. The Morgan fingerprint density at radius 2 is 2.00 bits per heavy atom. The molecule has 5 rings (SSSR count). The van der Waals surface area contributed by atoms with Crippen LogP contribution in [0.2, 0.25) is 0 Å². The highest BCUT2D eigenvalue weighted by atomic mass is 16.6. The molecule has 2 N–H and O–H groups in total. The van der Waals surface area contributed by atoms with Crippen LogP contribution in [0.3, 0.4) is 0 Å². The molecule has 2 aromatic heterocycles. The number of phenolic OH excluding ortho intramolecular Hbond substituents is 1. The molecule has 27 heavy (non-hydrogen) atoms. The minimum atomic E-state index is -1.87. The quantitative estimate of drug-likeness (QED) is 0.461. The van der Waals surface area contributed by atoms with Crippen LogP contribution >= 0.6 is 0 Å². The number of fused-ring (bicyclic) bond motifs is 5. The molecule has 7 heteroatoms. The monoisotopic (exact) mass is 364 g/mol. The van der Waals surface area contributed by atoms with E-state index in [2.05, 4.69) is 4.98 Å². The molecule has 1 aromatic carbocycles. The topological polar surface area (TPSA) is 102 Å². The van der Waals surface area contributed by atoms with E-state index in [9.17, 15) is 19.8 Å². The van der Waals surface area contributed by atoms with E-state index in [0.29, 0.717) is 23.4 Å².